The zero-order valence-electron chi connectivity index (χ0n) is 10.1. The average molecular weight is 228 g/mol. The first kappa shape index (κ1) is 11.5. The summed E-state index contributed by atoms with van der Waals surface area (Å²) in [7, 11) is 3.60. The molecule has 0 aromatic heterocycles. The summed E-state index contributed by atoms with van der Waals surface area (Å²) in [5, 5.41) is 4.16. The maximum Gasteiger partial charge on any atom is 0.113 e. The molecule has 0 radical (unpaired) electrons. The molecule has 0 N–H and O–H groups in total. The van der Waals surface area contributed by atoms with Crippen molar-refractivity contribution in [3.8, 4) is 0 Å². The summed E-state index contributed by atoms with van der Waals surface area (Å²) in [5.74, 6) is 0. The molecule has 17 heavy (non-hydrogen) atoms. The molecule has 1 aromatic carbocycles. The first-order chi connectivity index (χ1) is 8.33. The summed E-state index contributed by atoms with van der Waals surface area (Å²) in [6.45, 7) is 0. The summed E-state index contributed by atoms with van der Waals surface area (Å²) >= 11 is 0. The SMILES string of the molecule is CO/N=C(\c1ccccc1)C1C=CC=CN1C. The van der Waals surface area contributed by atoms with Gasteiger partial charge >= 0.3 is 0 Å². The van der Waals surface area contributed by atoms with Gasteiger partial charge in [-0.1, -0.05) is 47.6 Å². The second-order valence-corrected chi connectivity index (χ2v) is 3.86. The van der Waals surface area contributed by atoms with E-state index < -0.39 is 0 Å². The van der Waals surface area contributed by atoms with E-state index in [-0.39, 0.29) is 6.04 Å². The van der Waals surface area contributed by atoms with Crippen LogP contribution < -0.4 is 0 Å². The van der Waals surface area contributed by atoms with Crippen LogP contribution in [0.4, 0.5) is 0 Å². The Morgan fingerprint density at radius 3 is 2.65 bits per heavy atom. The molecule has 0 fully saturated rings. The molecule has 1 atom stereocenters. The summed E-state index contributed by atoms with van der Waals surface area (Å²) in [5.41, 5.74) is 1.99. The fourth-order valence-electron chi connectivity index (χ4n) is 1.85. The van der Waals surface area contributed by atoms with E-state index in [0.29, 0.717) is 0 Å². The van der Waals surface area contributed by atoms with E-state index in [0.717, 1.165) is 11.3 Å². The fraction of sp³-hybridized carbons (Fsp3) is 0.214. The summed E-state index contributed by atoms with van der Waals surface area (Å²) in [6, 6.07) is 10.2. The molecule has 1 aliphatic heterocycles. The van der Waals surface area contributed by atoms with Gasteiger partial charge < -0.3 is 9.74 Å². The van der Waals surface area contributed by atoms with Gasteiger partial charge in [-0.2, -0.15) is 0 Å². The molecular weight excluding hydrogens is 212 g/mol. The highest BCUT2D eigenvalue weighted by Gasteiger charge is 2.19. The predicted octanol–water partition coefficient (Wildman–Crippen LogP) is 2.42. The highest BCUT2D eigenvalue weighted by atomic mass is 16.6. The number of nitrogens with zero attached hydrogens (tertiary/aromatic N) is 2. The topological polar surface area (TPSA) is 24.8 Å². The van der Waals surface area contributed by atoms with Gasteiger partial charge in [0.25, 0.3) is 0 Å². The number of benzene rings is 1. The van der Waals surface area contributed by atoms with Gasteiger partial charge in [0.15, 0.2) is 0 Å². The van der Waals surface area contributed by atoms with Gasteiger partial charge in [-0.3, -0.25) is 0 Å². The van der Waals surface area contributed by atoms with Crippen molar-refractivity contribution in [3.05, 3.63) is 60.3 Å². The van der Waals surface area contributed by atoms with Crippen LogP contribution in [0.15, 0.2) is 59.9 Å². The van der Waals surface area contributed by atoms with E-state index in [2.05, 4.69) is 16.1 Å². The number of hydrogen-bond acceptors (Lipinski definition) is 3. The molecule has 1 unspecified atom stereocenters. The lowest BCUT2D eigenvalue weighted by Crippen LogP contribution is -2.35. The summed E-state index contributed by atoms with van der Waals surface area (Å²) in [6.07, 6.45) is 8.16. The predicted molar refractivity (Wildman–Crippen MR) is 69.8 cm³/mol. The summed E-state index contributed by atoms with van der Waals surface area (Å²) in [4.78, 5) is 7.07. The molecule has 0 bridgehead atoms. The maximum absolute atomic E-state index is 4.96. The van der Waals surface area contributed by atoms with Gasteiger partial charge in [-0.15, -0.1) is 0 Å². The average Bonchev–Trinajstić information content (AvgIpc) is 2.38. The highest BCUT2D eigenvalue weighted by molar-refractivity contribution is 6.05. The van der Waals surface area contributed by atoms with Crippen molar-refractivity contribution in [1.82, 2.24) is 4.90 Å². The van der Waals surface area contributed by atoms with Crippen LogP contribution in [0.1, 0.15) is 5.56 Å². The minimum absolute atomic E-state index is 0.113. The Bertz CT molecular complexity index is 449. The Hall–Kier alpha value is -2.03. The van der Waals surface area contributed by atoms with Crippen LogP contribution in [-0.2, 0) is 4.84 Å². The number of allylic oxidation sites excluding steroid dienone is 2. The Balaban J connectivity index is 2.34. The Morgan fingerprint density at radius 1 is 1.24 bits per heavy atom. The van der Waals surface area contributed by atoms with E-state index in [9.17, 15) is 0 Å². The fourth-order valence-corrected chi connectivity index (χ4v) is 1.85. The smallest absolute Gasteiger partial charge is 0.113 e. The van der Waals surface area contributed by atoms with Gasteiger partial charge in [0.1, 0.15) is 12.8 Å². The van der Waals surface area contributed by atoms with Crippen LogP contribution in [-0.4, -0.2) is 30.8 Å². The normalized spacial score (nSPS) is 19.5. The van der Waals surface area contributed by atoms with E-state index >= 15 is 0 Å². The molecule has 1 heterocycles. The van der Waals surface area contributed by atoms with Crippen LogP contribution in [0.3, 0.4) is 0 Å². The number of hydrogen-bond donors (Lipinski definition) is 0. The molecule has 0 spiro atoms. The van der Waals surface area contributed by atoms with E-state index in [1.807, 2.05) is 55.7 Å². The first-order valence-corrected chi connectivity index (χ1v) is 5.56. The van der Waals surface area contributed by atoms with Crippen molar-refractivity contribution in [1.29, 1.82) is 0 Å². The molecule has 3 heteroatoms. The van der Waals surface area contributed by atoms with Crippen molar-refractivity contribution in [3.63, 3.8) is 0 Å². The van der Waals surface area contributed by atoms with Crippen molar-refractivity contribution < 1.29 is 4.84 Å². The minimum atomic E-state index is 0.113. The van der Waals surface area contributed by atoms with E-state index in [1.165, 1.54) is 0 Å². The van der Waals surface area contributed by atoms with E-state index in [1.54, 1.807) is 7.11 Å². The second-order valence-electron chi connectivity index (χ2n) is 3.86. The van der Waals surface area contributed by atoms with Gasteiger partial charge in [0.05, 0.1) is 6.04 Å². The van der Waals surface area contributed by atoms with Crippen molar-refractivity contribution >= 4 is 5.71 Å². The number of likely N-dealkylation sites (N-methyl/N-ethyl adjacent to an activating group) is 1. The third-order valence-corrected chi connectivity index (χ3v) is 2.70. The van der Waals surface area contributed by atoms with E-state index in [4.69, 9.17) is 4.84 Å². The lowest BCUT2D eigenvalue weighted by molar-refractivity contribution is 0.211. The van der Waals surface area contributed by atoms with Gasteiger partial charge in [0, 0.05) is 12.6 Å². The molecule has 0 saturated heterocycles. The van der Waals surface area contributed by atoms with Crippen LogP contribution in [0, 0.1) is 0 Å². The van der Waals surface area contributed by atoms with Gasteiger partial charge in [-0.05, 0) is 12.3 Å². The summed E-state index contributed by atoms with van der Waals surface area (Å²) < 4.78 is 0. The standard InChI is InChI=1S/C14H16N2O/c1-16-11-7-6-10-13(16)14(15-17-2)12-8-4-3-5-9-12/h3-11,13H,1-2H3/b15-14+. The Morgan fingerprint density at radius 2 is 2.00 bits per heavy atom. The third-order valence-electron chi connectivity index (χ3n) is 2.70. The zero-order chi connectivity index (χ0) is 12.1. The molecule has 1 aliphatic rings. The van der Waals surface area contributed by atoms with Crippen LogP contribution in [0.25, 0.3) is 0 Å². The Labute approximate surface area is 102 Å². The molecule has 0 aliphatic carbocycles. The molecular formula is C14H16N2O. The minimum Gasteiger partial charge on any atom is -0.399 e. The number of oxime groups is 1. The Kier molecular flexibility index (Phi) is 3.60. The quantitative estimate of drug-likeness (QED) is 0.586. The number of rotatable bonds is 3. The third kappa shape index (κ3) is 2.56. The lowest BCUT2D eigenvalue weighted by Gasteiger charge is -2.27. The van der Waals surface area contributed by atoms with Crippen LogP contribution >= 0.6 is 0 Å². The second kappa shape index (κ2) is 5.34. The lowest BCUT2D eigenvalue weighted by atomic mass is 10.0. The van der Waals surface area contributed by atoms with Gasteiger partial charge in [-0.25, -0.2) is 0 Å². The van der Waals surface area contributed by atoms with Crippen molar-refractivity contribution in [2.24, 2.45) is 5.16 Å². The van der Waals surface area contributed by atoms with Gasteiger partial charge in [0.2, 0.25) is 0 Å². The van der Waals surface area contributed by atoms with Crippen LogP contribution in [0.2, 0.25) is 0 Å². The monoisotopic (exact) mass is 228 g/mol. The maximum atomic E-state index is 4.96. The largest absolute Gasteiger partial charge is 0.399 e. The van der Waals surface area contributed by atoms with Crippen molar-refractivity contribution in [2.75, 3.05) is 14.2 Å². The molecule has 88 valence electrons. The first-order valence-electron chi connectivity index (χ1n) is 5.56. The molecule has 1 aromatic rings. The molecule has 2 rings (SSSR count). The van der Waals surface area contributed by atoms with Crippen molar-refractivity contribution in [2.45, 2.75) is 6.04 Å². The highest BCUT2D eigenvalue weighted by Crippen LogP contribution is 2.14. The zero-order valence-corrected chi connectivity index (χ0v) is 10.1. The molecule has 0 amide bonds. The van der Waals surface area contributed by atoms with Crippen LogP contribution in [0.5, 0.6) is 0 Å². The molecule has 0 saturated carbocycles. The molecule has 3 nitrogen and oxygen atoms in total.